The first kappa shape index (κ1) is 17.1. The van der Waals surface area contributed by atoms with Gasteiger partial charge in [-0.15, -0.1) is 0 Å². The molecule has 1 atom stereocenters. The number of carbonyl (C=O) groups is 1. The summed E-state index contributed by atoms with van der Waals surface area (Å²) in [6, 6.07) is -0.288. The number of hydrogen-bond acceptors (Lipinski definition) is 4. The van der Waals surface area contributed by atoms with Crippen LogP contribution >= 0.6 is 0 Å². The first-order valence-corrected chi connectivity index (χ1v) is 13.8. The van der Waals surface area contributed by atoms with Crippen molar-refractivity contribution < 1.29 is 9.22 Å². The second-order valence-corrected chi connectivity index (χ2v) is 16.4. The minimum absolute atomic E-state index is 0.132. The Kier molecular flexibility index (Phi) is 5.34. The number of nitrogens with zero attached hydrogens (tertiary/aromatic N) is 2. The zero-order valence-corrected chi connectivity index (χ0v) is 15.7. The third-order valence-corrected chi connectivity index (χ3v) is 4.66. The summed E-state index contributed by atoms with van der Waals surface area (Å²) in [5.74, 6) is -0.132. The van der Waals surface area contributed by atoms with Crippen LogP contribution in [-0.4, -0.2) is 38.1 Å². The van der Waals surface area contributed by atoms with E-state index in [2.05, 4.69) is 29.6 Å². The SMILES string of the molecule is Cn1cncc1C[C@H](N[Si](C)(C)C)C(=O)O[Si](C)(C)C. The molecule has 1 N–H and O–H groups in total. The van der Waals surface area contributed by atoms with Crippen molar-refractivity contribution in [1.29, 1.82) is 0 Å². The fourth-order valence-corrected chi connectivity index (χ4v) is 3.89. The summed E-state index contributed by atoms with van der Waals surface area (Å²) >= 11 is 0. The Hall–Kier alpha value is -0.926. The number of aromatic nitrogens is 2. The topological polar surface area (TPSA) is 56.2 Å². The van der Waals surface area contributed by atoms with Crippen molar-refractivity contribution >= 4 is 22.5 Å². The van der Waals surface area contributed by atoms with Crippen LogP contribution < -0.4 is 4.98 Å². The van der Waals surface area contributed by atoms with E-state index in [4.69, 9.17) is 4.43 Å². The molecule has 0 radical (unpaired) electrons. The molecule has 114 valence electrons. The van der Waals surface area contributed by atoms with Crippen molar-refractivity contribution in [1.82, 2.24) is 14.5 Å². The van der Waals surface area contributed by atoms with Gasteiger partial charge in [0.1, 0.15) is 14.3 Å². The average Bonchev–Trinajstić information content (AvgIpc) is 2.59. The Morgan fingerprint density at radius 3 is 2.35 bits per heavy atom. The van der Waals surface area contributed by atoms with E-state index in [0.29, 0.717) is 6.42 Å². The van der Waals surface area contributed by atoms with Crippen molar-refractivity contribution in [3.63, 3.8) is 0 Å². The zero-order chi connectivity index (χ0) is 15.6. The molecule has 0 saturated heterocycles. The molecule has 0 aliphatic rings. The molecule has 1 aromatic rings. The van der Waals surface area contributed by atoms with Crippen LogP contribution in [0.25, 0.3) is 0 Å². The molecule has 1 rings (SSSR count). The molecule has 0 aliphatic carbocycles. The van der Waals surface area contributed by atoms with Crippen LogP contribution in [0.4, 0.5) is 0 Å². The second kappa shape index (κ2) is 6.23. The second-order valence-electron chi connectivity index (χ2n) is 7.18. The number of nitrogens with one attached hydrogen (secondary N) is 1. The fourth-order valence-electron chi connectivity index (χ4n) is 1.88. The third kappa shape index (κ3) is 6.02. The number of rotatable bonds is 6. The maximum Gasteiger partial charge on any atom is 0.309 e. The maximum absolute atomic E-state index is 12.4. The molecule has 0 unspecified atom stereocenters. The summed E-state index contributed by atoms with van der Waals surface area (Å²) in [6.45, 7) is 12.6. The van der Waals surface area contributed by atoms with Gasteiger partial charge >= 0.3 is 5.97 Å². The van der Waals surface area contributed by atoms with Crippen LogP contribution in [0.5, 0.6) is 0 Å². The molecule has 20 heavy (non-hydrogen) atoms. The Morgan fingerprint density at radius 2 is 1.95 bits per heavy atom. The van der Waals surface area contributed by atoms with E-state index in [-0.39, 0.29) is 12.0 Å². The molecular formula is C13H27N3O2Si2. The normalized spacial score (nSPS) is 14.2. The van der Waals surface area contributed by atoms with Crippen molar-refractivity contribution in [2.45, 2.75) is 51.7 Å². The van der Waals surface area contributed by atoms with Crippen molar-refractivity contribution in [3.05, 3.63) is 18.2 Å². The number of aryl methyl sites for hydroxylation is 1. The zero-order valence-electron chi connectivity index (χ0n) is 13.7. The number of hydrogen-bond donors (Lipinski definition) is 1. The Labute approximate surface area is 124 Å². The molecule has 0 aromatic carbocycles. The molecule has 0 aliphatic heterocycles. The van der Waals surface area contributed by atoms with E-state index in [0.717, 1.165) is 5.69 Å². The Morgan fingerprint density at radius 1 is 1.35 bits per heavy atom. The summed E-state index contributed by atoms with van der Waals surface area (Å²) in [4.78, 5) is 20.0. The molecule has 7 heteroatoms. The molecule has 0 saturated carbocycles. The molecule has 0 fully saturated rings. The summed E-state index contributed by atoms with van der Waals surface area (Å²) in [5, 5.41) is 0. The van der Waals surface area contributed by atoms with Crippen LogP contribution in [0.2, 0.25) is 39.3 Å². The maximum atomic E-state index is 12.4. The molecule has 0 bridgehead atoms. The van der Waals surface area contributed by atoms with E-state index >= 15 is 0 Å². The molecule has 1 heterocycles. The van der Waals surface area contributed by atoms with Crippen LogP contribution in [0, 0.1) is 0 Å². The molecule has 0 amide bonds. The third-order valence-electron chi connectivity index (χ3n) is 2.63. The highest BCUT2D eigenvalue weighted by Gasteiger charge is 2.30. The first-order chi connectivity index (χ1) is 8.98. The quantitative estimate of drug-likeness (QED) is 0.818. The Balaban J connectivity index is 2.85. The van der Waals surface area contributed by atoms with Gasteiger partial charge in [0, 0.05) is 25.4 Å². The van der Waals surface area contributed by atoms with Gasteiger partial charge in [-0.25, -0.2) is 4.98 Å². The predicted molar refractivity (Wildman–Crippen MR) is 86.6 cm³/mol. The summed E-state index contributed by atoms with van der Waals surface area (Å²) in [7, 11) is -1.50. The van der Waals surface area contributed by atoms with E-state index in [1.807, 2.05) is 31.3 Å². The van der Waals surface area contributed by atoms with Crippen molar-refractivity contribution in [2.24, 2.45) is 7.05 Å². The van der Waals surface area contributed by atoms with Gasteiger partial charge in [-0.1, -0.05) is 19.6 Å². The monoisotopic (exact) mass is 313 g/mol. The highest BCUT2D eigenvalue weighted by atomic mass is 28.4. The molecular weight excluding hydrogens is 286 g/mol. The molecule has 1 aromatic heterocycles. The molecule has 5 nitrogen and oxygen atoms in total. The highest BCUT2D eigenvalue weighted by molar-refractivity contribution is 6.74. The van der Waals surface area contributed by atoms with Gasteiger partial charge in [0.2, 0.25) is 8.32 Å². The van der Waals surface area contributed by atoms with E-state index in [1.165, 1.54) is 0 Å². The summed E-state index contributed by atoms with van der Waals surface area (Å²) in [5.41, 5.74) is 1.04. The van der Waals surface area contributed by atoms with Gasteiger partial charge < -0.3 is 14.0 Å². The van der Waals surface area contributed by atoms with Gasteiger partial charge in [-0.2, -0.15) is 0 Å². The van der Waals surface area contributed by atoms with E-state index in [1.54, 1.807) is 12.5 Å². The lowest BCUT2D eigenvalue weighted by molar-refractivity contribution is -0.137. The first-order valence-electron chi connectivity index (χ1n) is 6.94. The standard InChI is InChI=1S/C13H27N3O2Si2/c1-16-10-14-9-11(16)8-12(15-19(2,3)4)13(17)18-20(5,6)7/h9-10,12,15H,8H2,1-7H3/t12-/m0/s1. The van der Waals surface area contributed by atoms with E-state index < -0.39 is 16.6 Å². The highest BCUT2D eigenvalue weighted by Crippen LogP contribution is 2.11. The predicted octanol–water partition coefficient (Wildman–Crippen LogP) is 2.13. The summed E-state index contributed by atoms with van der Waals surface area (Å²) in [6.07, 6.45) is 4.18. The fraction of sp³-hybridized carbons (Fsp3) is 0.692. The van der Waals surface area contributed by atoms with Crippen LogP contribution in [0.3, 0.4) is 0 Å². The lowest BCUT2D eigenvalue weighted by Gasteiger charge is -2.28. The Bertz CT molecular complexity index is 461. The largest absolute Gasteiger partial charge is 0.519 e. The van der Waals surface area contributed by atoms with Crippen molar-refractivity contribution in [3.8, 4) is 0 Å². The molecule has 0 spiro atoms. The van der Waals surface area contributed by atoms with Crippen LogP contribution in [0.1, 0.15) is 5.69 Å². The van der Waals surface area contributed by atoms with Crippen molar-refractivity contribution in [2.75, 3.05) is 0 Å². The number of carbonyl (C=O) groups excluding carboxylic acids is 1. The number of imidazole rings is 1. The van der Waals surface area contributed by atoms with E-state index in [9.17, 15) is 4.79 Å². The smallest absolute Gasteiger partial charge is 0.309 e. The summed E-state index contributed by atoms with van der Waals surface area (Å²) < 4.78 is 7.61. The minimum Gasteiger partial charge on any atom is -0.519 e. The van der Waals surface area contributed by atoms with Gasteiger partial charge in [0.15, 0.2) is 0 Å². The lowest BCUT2D eigenvalue weighted by atomic mass is 10.2. The van der Waals surface area contributed by atoms with Crippen LogP contribution in [0.15, 0.2) is 12.5 Å². The van der Waals surface area contributed by atoms with Gasteiger partial charge in [-0.3, -0.25) is 4.79 Å². The van der Waals surface area contributed by atoms with Crippen LogP contribution in [-0.2, 0) is 22.7 Å². The average molecular weight is 314 g/mol. The lowest BCUT2D eigenvalue weighted by Crippen LogP contribution is -2.54. The van der Waals surface area contributed by atoms with Gasteiger partial charge in [0.05, 0.1) is 6.33 Å². The van der Waals surface area contributed by atoms with Gasteiger partial charge in [0.25, 0.3) is 0 Å². The minimum atomic E-state index is -1.87. The van der Waals surface area contributed by atoms with Gasteiger partial charge in [-0.05, 0) is 19.6 Å².